The summed E-state index contributed by atoms with van der Waals surface area (Å²) in [7, 11) is 0. The smallest absolute Gasteiger partial charge is 0.310 e. The van der Waals surface area contributed by atoms with Gasteiger partial charge in [0.1, 0.15) is 0 Å². The number of carbonyl (C=O) groups is 1. The van der Waals surface area contributed by atoms with Crippen LogP contribution in [0, 0.1) is 5.92 Å². The number of unbranched alkanes of at least 4 members (excludes halogenated alkanes) is 4. The highest BCUT2D eigenvalue weighted by atomic mass is 19.1. The third kappa shape index (κ3) is 8.40. The van der Waals surface area contributed by atoms with Gasteiger partial charge in [0.05, 0.1) is 5.92 Å². The summed E-state index contributed by atoms with van der Waals surface area (Å²) < 4.78 is 17.7. The molecule has 0 saturated heterocycles. The number of rotatable bonds is 8. The fourth-order valence-corrected chi connectivity index (χ4v) is 1.23. The highest BCUT2D eigenvalue weighted by molar-refractivity contribution is 5.71. The van der Waals surface area contributed by atoms with Crippen molar-refractivity contribution in [1.82, 2.24) is 0 Å². The molecule has 1 unspecified atom stereocenters. The zero-order valence-electron chi connectivity index (χ0n) is 10.1. The molecule has 0 spiro atoms. The van der Waals surface area contributed by atoms with Crippen LogP contribution in [0.1, 0.15) is 59.3 Å². The summed E-state index contributed by atoms with van der Waals surface area (Å²) in [5.41, 5.74) is 0. The Balaban J connectivity index is 3.41. The van der Waals surface area contributed by atoms with Crippen LogP contribution in [-0.2, 0) is 9.53 Å². The standard InChI is InChI=1S/C12H23FO2/c1-4-5-6-7-8-9-11(13)15-12(14)10(2)3/h10-11H,4-9H2,1-3H3. The Morgan fingerprint density at radius 3 is 2.33 bits per heavy atom. The van der Waals surface area contributed by atoms with Gasteiger partial charge in [-0.3, -0.25) is 4.79 Å². The summed E-state index contributed by atoms with van der Waals surface area (Å²) in [5, 5.41) is 0. The molecule has 0 fully saturated rings. The Hall–Kier alpha value is -0.600. The van der Waals surface area contributed by atoms with Gasteiger partial charge in [-0.25, -0.2) is 4.39 Å². The molecule has 90 valence electrons. The summed E-state index contributed by atoms with van der Waals surface area (Å²) in [5.74, 6) is -0.695. The molecule has 0 rings (SSSR count). The molecule has 0 aliphatic rings. The van der Waals surface area contributed by atoms with Crippen molar-refractivity contribution in [2.24, 2.45) is 5.92 Å². The minimum atomic E-state index is -1.42. The van der Waals surface area contributed by atoms with Gasteiger partial charge in [-0.1, -0.05) is 46.5 Å². The molecule has 0 radical (unpaired) electrons. The van der Waals surface area contributed by atoms with Gasteiger partial charge in [-0.15, -0.1) is 0 Å². The molecule has 0 aromatic heterocycles. The SMILES string of the molecule is CCCCCCCC(F)OC(=O)C(C)C. The summed E-state index contributed by atoms with van der Waals surface area (Å²) in [6, 6.07) is 0. The first kappa shape index (κ1) is 14.4. The van der Waals surface area contributed by atoms with Crippen molar-refractivity contribution in [3.63, 3.8) is 0 Å². The first-order valence-electron chi connectivity index (χ1n) is 5.92. The number of alkyl halides is 1. The number of halogens is 1. The van der Waals surface area contributed by atoms with E-state index in [4.69, 9.17) is 0 Å². The minimum absolute atomic E-state index is 0.247. The van der Waals surface area contributed by atoms with E-state index < -0.39 is 12.3 Å². The zero-order chi connectivity index (χ0) is 11.7. The van der Waals surface area contributed by atoms with Gasteiger partial charge < -0.3 is 4.74 Å². The normalized spacial score (nSPS) is 12.9. The Morgan fingerprint density at radius 1 is 1.20 bits per heavy atom. The van der Waals surface area contributed by atoms with Crippen LogP contribution in [0.4, 0.5) is 4.39 Å². The second-order valence-electron chi connectivity index (χ2n) is 4.20. The molecule has 0 aliphatic heterocycles. The van der Waals surface area contributed by atoms with Crippen LogP contribution in [0.2, 0.25) is 0 Å². The van der Waals surface area contributed by atoms with Crippen molar-refractivity contribution in [2.75, 3.05) is 0 Å². The average molecular weight is 218 g/mol. The highest BCUT2D eigenvalue weighted by Crippen LogP contribution is 2.11. The van der Waals surface area contributed by atoms with Gasteiger partial charge in [0, 0.05) is 6.42 Å². The molecule has 0 aliphatic carbocycles. The maximum atomic E-state index is 13.1. The summed E-state index contributed by atoms with van der Waals surface area (Å²) in [6.07, 6.45) is 4.26. The number of carbonyl (C=O) groups excluding carboxylic acids is 1. The van der Waals surface area contributed by atoms with Crippen molar-refractivity contribution in [1.29, 1.82) is 0 Å². The van der Waals surface area contributed by atoms with E-state index in [2.05, 4.69) is 11.7 Å². The zero-order valence-corrected chi connectivity index (χ0v) is 10.1. The van der Waals surface area contributed by atoms with Gasteiger partial charge in [-0.2, -0.15) is 0 Å². The first-order chi connectivity index (χ1) is 7.07. The Bertz CT molecular complexity index is 169. The van der Waals surface area contributed by atoms with E-state index in [0.717, 1.165) is 19.3 Å². The maximum Gasteiger partial charge on any atom is 0.310 e. The molecule has 3 heteroatoms. The molecule has 0 saturated carbocycles. The molecule has 15 heavy (non-hydrogen) atoms. The van der Waals surface area contributed by atoms with Crippen molar-refractivity contribution >= 4 is 5.97 Å². The quantitative estimate of drug-likeness (QED) is 0.457. The van der Waals surface area contributed by atoms with Crippen LogP contribution in [0.3, 0.4) is 0 Å². The Labute approximate surface area is 92.2 Å². The van der Waals surface area contributed by atoms with Gasteiger partial charge in [0.15, 0.2) is 0 Å². The minimum Gasteiger partial charge on any atom is -0.431 e. The van der Waals surface area contributed by atoms with Gasteiger partial charge in [-0.05, 0) is 6.42 Å². The van der Waals surface area contributed by atoms with Crippen LogP contribution in [0.15, 0.2) is 0 Å². The van der Waals surface area contributed by atoms with Gasteiger partial charge >= 0.3 is 5.97 Å². The van der Waals surface area contributed by atoms with Gasteiger partial charge in [0.2, 0.25) is 6.36 Å². The number of hydrogen-bond donors (Lipinski definition) is 0. The van der Waals surface area contributed by atoms with Crippen LogP contribution >= 0.6 is 0 Å². The maximum absolute atomic E-state index is 13.1. The molecule has 2 nitrogen and oxygen atoms in total. The molecule has 0 N–H and O–H groups in total. The van der Waals surface area contributed by atoms with Crippen molar-refractivity contribution in [3.8, 4) is 0 Å². The second kappa shape index (κ2) is 8.69. The van der Waals surface area contributed by atoms with E-state index in [-0.39, 0.29) is 5.92 Å². The van der Waals surface area contributed by atoms with Crippen LogP contribution < -0.4 is 0 Å². The number of esters is 1. The van der Waals surface area contributed by atoms with Crippen molar-refractivity contribution in [2.45, 2.75) is 65.7 Å². The molecule has 1 atom stereocenters. The molecule has 0 amide bonds. The van der Waals surface area contributed by atoms with E-state index in [1.54, 1.807) is 13.8 Å². The summed E-state index contributed by atoms with van der Waals surface area (Å²) in [4.78, 5) is 11.0. The van der Waals surface area contributed by atoms with Crippen LogP contribution in [-0.4, -0.2) is 12.3 Å². The van der Waals surface area contributed by atoms with Crippen molar-refractivity contribution in [3.05, 3.63) is 0 Å². The average Bonchev–Trinajstić information content (AvgIpc) is 2.17. The second-order valence-corrected chi connectivity index (χ2v) is 4.20. The van der Waals surface area contributed by atoms with E-state index in [9.17, 15) is 9.18 Å². The van der Waals surface area contributed by atoms with Gasteiger partial charge in [0.25, 0.3) is 0 Å². The predicted molar refractivity (Wildman–Crippen MR) is 59.2 cm³/mol. The predicted octanol–water partition coefficient (Wildman–Crippen LogP) is 3.84. The lowest BCUT2D eigenvalue weighted by molar-refractivity contribution is -0.162. The van der Waals surface area contributed by atoms with Crippen LogP contribution in [0.25, 0.3) is 0 Å². The molecule has 0 bridgehead atoms. The highest BCUT2D eigenvalue weighted by Gasteiger charge is 2.15. The third-order valence-electron chi connectivity index (χ3n) is 2.25. The number of ether oxygens (including phenoxy) is 1. The lowest BCUT2D eigenvalue weighted by Gasteiger charge is -2.11. The lowest BCUT2D eigenvalue weighted by atomic mass is 10.1. The fourth-order valence-electron chi connectivity index (χ4n) is 1.23. The van der Waals surface area contributed by atoms with Crippen LogP contribution in [0.5, 0.6) is 0 Å². The molecular weight excluding hydrogens is 195 g/mol. The van der Waals surface area contributed by atoms with E-state index in [0.29, 0.717) is 6.42 Å². The molecule has 0 aromatic carbocycles. The molecular formula is C12H23FO2. The first-order valence-corrected chi connectivity index (χ1v) is 5.92. The molecule has 0 heterocycles. The van der Waals surface area contributed by atoms with E-state index in [1.807, 2.05) is 0 Å². The number of hydrogen-bond acceptors (Lipinski definition) is 2. The Kier molecular flexibility index (Phi) is 8.34. The van der Waals surface area contributed by atoms with E-state index >= 15 is 0 Å². The summed E-state index contributed by atoms with van der Waals surface area (Å²) >= 11 is 0. The Morgan fingerprint density at radius 2 is 1.80 bits per heavy atom. The summed E-state index contributed by atoms with van der Waals surface area (Å²) in [6.45, 7) is 5.55. The fraction of sp³-hybridized carbons (Fsp3) is 0.917. The largest absolute Gasteiger partial charge is 0.431 e. The topological polar surface area (TPSA) is 26.3 Å². The lowest BCUT2D eigenvalue weighted by Crippen LogP contribution is -2.18. The third-order valence-corrected chi connectivity index (χ3v) is 2.25. The van der Waals surface area contributed by atoms with E-state index in [1.165, 1.54) is 12.8 Å². The van der Waals surface area contributed by atoms with Crippen molar-refractivity contribution < 1.29 is 13.9 Å². The molecule has 0 aromatic rings. The monoisotopic (exact) mass is 218 g/mol.